The van der Waals surface area contributed by atoms with Gasteiger partial charge in [0.2, 0.25) is 0 Å². The van der Waals surface area contributed by atoms with Crippen molar-refractivity contribution < 1.29 is 14.7 Å². The molecular weight excluding hydrogens is 292 g/mol. The summed E-state index contributed by atoms with van der Waals surface area (Å²) in [6.45, 7) is 4.44. The van der Waals surface area contributed by atoms with E-state index in [-0.39, 0.29) is 24.5 Å². The second-order valence-electron chi connectivity index (χ2n) is 5.55. The van der Waals surface area contributed by atoms with E-state index < -0.39 is 11.9 Å². The molecule has 1 saturated heterocycles. The van der Waals surface area contributed by atoms with E-state index in [0.29, 0.717) is 11.6 Å². The lowest BCUT2D eigenvalue weighted by molar-refractivity contribution is -0.142. The number of hydrogen-bond donors (Lipinski definition) is 2. The van der Waals surface area contributed by atoms with Crippen molar-refractivity contribution in [2.75, 3.05) is 13.1 Å². The highest BCUT2D eigenvalue weighted by atomic mass is 35.5. The van der Waals surface area contributed by atoms with Gasteiger partial charge in [-0.1, -0.05) is 30.7 Å². The minimum atomic E-state index is -0.847. The molecule has 1 fully saturated rings. The standard InChI is InChI=1S/C15H19ClN2O3/c1-9-7-18(8-13(9)14(19)20)15(21)17-10(2)11-4-3-5-12(16)6-11/h3-6,9-10,13H,7-8H2,1-2H3,(H,17,21)(H,19,20)/t9-,10?,13-/m1/s1. The molecule has 1 heterocycles. The molecule has 1 unspecified atom stereocenters. The molecule has 0 saturated carbocycles. The molecule has 2 N–H and O–H groups in total. The number of amides is 2. The smallest absolute Gasteiger partial charge is 0.317 e. The SMILES string of the molecule is CC(NC(=O)N1C[C@@H](C)[C@H](C(=O)O)C1)c1cccc(Cl)c1. The van der Waals surface area contributed by atoms with Crippen LogP contribution in [0.25, 0.3) is 0 Å². The predicted molar refractivity (Wildman–Crippen MR) is 80.3 cm³/mol. The molecule has 0 aliphatic carbocycles. The first-order valence-corrected chi connectivity index (χ1v) is 7.30. The van der Waals surface area contributed by atoms with E-state index in [9.17, 15) is 9.59 Å². The molecule has 114 valence electrons. The summed E-state index contributed by atoms with van der Waals surface area (Å²) < 4.78 is 0. The van der Waals surface area contributed by atoms with Gasteiger partial charge in [0.05, 0.1) is 12.0 Å². The number of carbonyl (C=O) groups excluding carboxylic acids is 1. The molecule has 0 bridgehead atoms. The Morgan fingerprint density at radius 2 is 2.14 bits per heavy atom. The van der Waals surface area contributed by atoms with Crippen LogP contribution in [-0.2, 0) is 4.79 Å². The van der Waals surface area contributed by atoms with Crippen molar-refractivity contribution in [1.82, 2.24) is 10.2 Å². The Morgan fingerprint density at radius 3 is 2.71 bits per heavy atom. The minimum absolute atomic E-state index is 0.0327. The van der Waals surface area contributed by atoms with Gasteiger partial charge in [0.25, 0.3) is 0 Å². The van der Waals surface area contributed by atoms with Gasteiger partial charge in [0, 0.05) is 18.1 Å². The van der Waals surface area contributed by atoms with Crippen LogP contribution in [0.1, 0.15) is 25.5 Å². The molecule has 3 atom stereocenters. The zero-order valence-corrected chi connectivity index (χ0v) is 12.8. The van der Waals surface area contributed by atoms with Crippen molar-refractivity contribution in [3.8, 4) is 0 Å². The normalized spacial score (nSPS) is 22.9. The number of nitrogens with one attached hydrogen (secondary N) is 1. The number of likely N-dealkylation sites (tertiary alicyclic amines) is 1. The van der Waals surface area contributed by atoms with E-state index in [1.54, 1.807) is 17.0 Å². The van der Waals surface area contributed by atoms with E-state index in [2.05, 4.69) is 5.32 Å². The van der Waals surface area contributed by atoms with Crippen molar-refractivity contribution in [3.05, 3.63) is 34.9 Å². The lowest BCUT2D eigenvalue weighted by Gasteiger charge is -2.21. The number of carboxylic acid groups (broad SMARTS) is 1. The third-order valence-electron chi connectivity index (χ3n) is 3.91. The Hall–Kier alpha value is -1.75. The molecule has 21 heavy (non-hydrogen) atoms. The number of carboxylic acids is 1. The molecule has 1 aromatic rings. The minimum Gasteiger partial charge on any atom is -0.481 e. The number of urea groups is 1. The maximum absolute atomic E-state index is 12.2. The fourth-order valence-corrected chi connectivity index (χ4v) is 2.79. The third-order valence-corrected chi connectivity index (χ3v) is 4.14. The highest BCUT2D eigenvalue weighted by Gasteiger charge is 2.37. The van der Waals surface area contributed by atoms with Crippen molar-refractivity contribution in [3.63, 3.8) is 0 Å². The molecule has 5 nitrogen and oxygen atoms in total. The summed E-state index contributed by atoms with van der Waals surface area (Å²) in [5, 5.41) is 12.6. The maximum atomic E-state index is 12.2. The highest BCUT2D eigenvalue weighted by molar-refractivity contribution is 6.30. The van der Waals surface area contributed by atoms with E-state index >= 15 is 0 Å². The van der Waals surface area contributed by atoms with E-state index in [1.165, 1.54) is 0 Å². The van der Waals surface area contributed by atoms with Gasteiger partial charge < -0.3 is 15.3 Å². The zero-order valence-electron chi connectivity index (χ0n) is 12.0. The second-order valence-corrected chi connectivity index (χ2v) is 5.99. The summed E-state index contributed by atoms with van der Waals surface area (Å²) in [7, 11) is 0. The van der Waals surface area contributed by atoms with Crippen molar-refractivity contribution in [1.29, 1.82) is 0 Å². The van der Waals surface area contributed by atoms with Crippen molar-refractivity contribution >= 4 is 23.6 Å². The first-order chi connectivity index (χ1) is 9.88. The Kier molecular flexibility index (Phi) is 4.73. The van der Waals surface area contributed by atoms with Gasteiger partial charge in [-0.3, -0.25) is 4.79 Å². The van der Waals surface area contributed by atoms with Crippen LogP contribution in [0.5, 0.6) is 0 Å². The number of aliphatic carboxylic acids is 1. The average molecular weight is 311 g/mol. The number of hydrogen-bond acceptors (Lipinski definition) is 2. The van der Waals surface area contributed by atoms with Gasteiger partial charge in [-0.05, 0) is 30.5 Å². The molecule has 2 rings (SSSR count). The van der Waals surface area contributed by atoms with Crippen molar-refractivity contribution in [2.45, 2.75) is 19.9 Å². The molecule has 0 radical (unpaired) electrons. The van der Waals surface area contributed by atoms with E-state index in [4.69, 9.17) is 16.7 Å². The van der Waals surface area contributed by atoms with Crippen LogP contribution in [0.3, 0.4) is 0 Å². The van der Waals surface area contributed by atoms with E-state index in [1.807, 2.05) is 26.0 Å². The fourth-order valence-electron chi connectivity index (χ4n) is 2.59. The second kappa shape index (κ2) is 6.35. The topological polar surface area (TPSA) is 69.6 Å². The van der Waals surface area contributed by atoms with Gasteiger partial charge >= 0.3 is 12.0 Å². The van der Waals surface area contributed by atoms with Crippen LogP contribution >= 0.6 is 11.6 Å². The van der Waals surface area contributed by atoms with Crippen LogP contribution in [0.4, 0.5) is 4.79 Å². The molecular formula is C15H19ClN2O3. The number of nitrogens with zero attached hydrogens (tertiary/aromatic N) is 1. The third kappa shape index (κ3) is 3.67. The summed E-state index contributed by atoms with van der Waals surface area (Å²) in [4.78, 5) is 24.9. The summed E-state index contributed by atoms with van der Waals surface area (Å²) in [5.74, 6) is -1.37. The number of benzene rings is 1. The van der Waals surface area contributed by atoms with Gasteiger partial charge in [-0.15, -0.1) is 0 Å². The molecule has 0 spiro atoms. The van der Waals surface area contributed by atoms with Gasteiger partial charge in [-0.2, -0.15) is 0 Å². The van der Waals surface area contributed by atoms with Gasteiger partial charge in [0.1, 0.15) is 0 Å². The Labute approximate surface area is 128 Å². The largest absolute Gasteiger partial charge is 0.481 e. The van der Waals surface area contributed by atoms with Crippen LogP contribution in [0.15, 0.2) is 24.3 Å². The van der Waals surface area contributed by atoms with Gasteiger partial charge in [0.15, 0.2) is 0 Å². The molecule has 1 aliphatic rings. The fraction of sp³-hybridized carbons (Fsp3) is 0.467. The Morgan fingerprint density at radius 1 is 1.43 bits per heavy atom. The predicted octanol–water partition coefficient (Wildman–Crippen LogP) is 2.76. The summed E-state index contributed by atoms with van der Waals surface area (Å²) in [6, 6.07) is 6.88. The van der Waals surface area contributed by atoms with E-state index in [0.717, 1.165) is 5.56 Å². The molecule has 6 heteroatoms. The Bertz CT molecular complexity index is 549. The first kappa shape index (κ1) is 15.6. The lowest BCUT2D eigenvalue weighted by Crippen LogP contribution is -2.40. The summed E-state index contributed by atoms with van der Waals surface area (Å²) >= 11 is 5.94. The Balaban J connectivity index is 1.97. The highest BCUT2D eigenvalue weighted by Crippen LogP contribution is 2.24. The van der Waals surface area contributed by atoms with Crippen molar-refractivity contribution in [2.24, 2.45) is 11.8 Å². The van der Waals surface area contributed by atoms with Crippen LogP contribution < -0.4 is 5.32 Å². The van der Waals surface area contributed by atoms with Gasteiger partial charge in [-0.25, -0.2) is 4.79 Å². The zero-order chi connectivity index (χ0) is 15.6. The number of rotatable bonds is 3. The quantitative estimate of drug-likeness (QED) is 0.902. The lowest BCUT2D eigenvalue weighted by atomic mass is 9.99. The number of halogens is 1. The van der Waals surface area contributed by atoms with Crippen LogP contribution in [-0.4, -0.2) is 35.1 Å². The monoisotopic (exact) mass is 310 g/mol. The average Bonchev–Trinajstić information content (AvgIpc) is 2.81. The summed E-state index contributed by atoms with van der Waals surface area (Å²) in [6.07, 6.45) is 0. The maximum Gasteiger partial charge on any atom is 0.317 e. The molecule has 1 aliphatic heterocycles. The first-order valence-electron chi connectivity index (χ1n) is 6.92. The molecule has 0 aromatic heterocycles. The van der Waals surface area contributed by atoms with Crippen LogP contribution in [0, 0.1) is 11.8 Å². The number of carbonyl (C=O) groups is 2. The molecule has 1 aromatic carbocycles. The molecule has 2 amide bonds. The van der Waals surface area contributed by atoms with Crippen LogP contribution in [0.2, 0.25) is 5.02 Å². The summed E-state index contributed by atoms with van der Waals surface area (Å²) in [5.41, 5.74) is 0.915.